The summed E-state index contributed by atoms with van der Waals surface area (Å²) < 4.78 is 19.0. The SMILES string of the molecule is CC1(O)OC(OP(=O)(O)O)[C@@H](O)[C@@H](O)[C@@H]1O. The molecule has 0 spiro atoms. The van der Waals surface area contributed by atoms with E-state index in [9.17, 15) is 25.0 Å². The summed E-state index contributed by atoms with van der Waals surface area (Å²) >= 11 is 0. The van der Waals surface area contributed by atoms with Crippen molar-refractivity contribution in [2.45, 2.75) is 37.3 Å². The third kappa shape index (κ3) is 2.98. The molecule has 1 aliphatic heterocycles. The van der Waals surface area contributed by atoms with E-state index in [4.69, 9.17) is 9.79 Å². The molecule has 0 aromatic heterocycles. The van der Waals surface area contributed by atoms with Crippen LogP contribution in [0.5, 0.6) is 0 Å². The molecule has 0 aliphatic carbocycles. The first kappa shape index (κ1) is 14.0. The summed E-state index contributed by atoms with van der Waals surface area (Å²) in [5.74, 6) is -2.29. The van der Waals surface area contributed by atoms with Crippen LogP contribution in [0.2, 0.25) is 0 Å². The van der Waals surface area contributed by atoms with Gasteiger partial charge in [0.2, 0.25) is 6.29 Å². The van der Waals surface area contributed by atoms with Gasteiger partial charge in [-0.15, -0.1) is 0 Å². The Morgan fingerprint density at radius 1 is 1.25 bits per heavy atom. The summed E-state index contributed by atoms with van der Waals surface area (Å²) in [5.41, 5.74) is 0. The van der Waals surface area contributed by atoms with Gasteiger partial charge in [-0.05, 0) is 6.92 Å². The average molecular weight is 260 g/mol. The first-order valence-electron chi connectivity index (χ1n) is 4.23. The van der Waals surface area contributed by atoms with Crippen LogP contribution in [0.3, 0.4) is 0 Å². The van der Waals surface area contributed by atoms with E-state index in [1.54, 1.807) is 0 Å². The summed E-state index contributed by atoms with van der Waals surface area (Å²) in [4.78, 5) is 17.0. The topological polar surface area (TPSA) is 157 Å². The molecule has 16 heavy (non-hydrogen) atoms. The average Bonchev–Trinajstić information content (AvgIpc) is 2.08. The zero-order valence-corrected chi connectivity index (χ0v) is 9.06. The Morgan fingerprint density at radius 2 is 1.75 bits per heavy atom. The lowest BCUT2D eigenvalue weighted by Crippen LogP contribution is -2.63. The van der Waals surface area contributed by atoms with Crippen LogP contribution >= 0.6 is 7.82 Å². The molecule has 0 amide bonds. The second-order valence-electron chi connectivity index (χ2n) is 3.56. The molecular weight excluding hydrogens is 247 g/mol. The summed E-state index contributed by atoms with van der Waals surface area (Å²) in [6, 6.07) is 0. The minimum absolute atomic E-state index is 0.947. The van der Waals surface area contributed by atoms with E-state index in [-0.39, 0.29) is 0 Å². The van der Waals surface area contributed by atoms with Crippen LogP contribution < -0.4 is 0 Å². The summed E-state index contributed by atoms with van der Waals surface area (Å²) in [5, 5.41) is 37.2. The fourth-order valence-corrected chi connectivity index (χ4v) is 1.70. The molecule has 0 aromatic carbocycles. The molecule has 0 bridgehead atoms. The highest BCUT2D eigenvalue weighted by Gasteiger charge is 2.52. The normalized spacial score (nSPS) is 45.7. The molecule has 1 saturated heterocycles. The van der Waals surface area contributed by atoms with Crippen molar-refractivity contribution >= 4 is 7.82 Å². The van der Waals surface area contributed by atoms with Gasteiger partial charge < -0.3 is 34.9 Å². The first-order chi connectivity index (χ1) is 7.04. The van der Waals surface area contributed by atoms with Crippen molar-refractivity contribution in [1.82, 2.24) is 0 Å². The number of hydrogen-bond acceptors (Lipinski definition) is 7. The molecule has 0 radical (unpaired) electrons. The fraction of sp³-hybridized carbons (Fsp3) is 1.00. The largest absolute Gasteiger partial charge is 0.472 e. The lowest BCUT2D eigenvalue weighted by molar-refractivity contribution is -0.371. The van der Waals surface area contributed by atoms with Crippen molar-refractivity contribution < 1.29 is 44.0 Å². The molecule has 2 unspecified atom stereocenters. The first-order valence-corrected chi connectivity index (χ1v) is 5.76. The second-order valence-corrected chi connectivity index (χ2v) is 4.75. The molecule has 1 aliphatic rings. The number of phosphoric acid groups is 1. The van der Waals surface area contributed by atoms with Crippen LogP contribution in [0.25, 0.3) is 0 Å². The van der Waals surface area contributed by atoms with Crippen LogP contribution in [0.1, 0.15) is 6.92 Å². The fourth-order valence-electron chi connectivity index (χ4n) is 1.26. The maximum absolute atomic E-state index is 10.5. The van der Waals surface area contributed by atoms with Gasteiger partial charge in [0.15, 0.2) is 5.79 Å². The molecule has 1 heterocycles. The predicted molar refractivity (Wildman–Crippen MR) is 46.6 cm³/mol. The second kappa shape index (κ2) is 4.30. The lowest BCUT2D eigenvalue weighted by atomic mass is 9.97. The minimum Gasteiger partial charge on any atom is -0.387 e. The molecule has 9 nitrogen and oxygen atoms in total. The molecule has 0 saturated carbocycles. The number of phosphoric ester groups is 1. The monoisotopic (exact) mass is 260 g/mol. The van der Waals surface area contributed by atoms with Crippen LogP contribution in [-0.2, 0) is 13.8 Å². The van der Waals surface area contributed by atoms with Gasteiger partial charge in [0.25, 0.3) is 0 Å². The molecular formula is C6H13O9P. The highest BCUT2D eigenvalue weighted by Crippen LogP contribution is 2.41. The number of aliphatic hydroxyl groups excluding tert-OH is 3. The van der Waals surface area contributed by atoms with Gasteiger partial charge in [-0.2, -0.15) is 0 Å². The summed E-state index contributed by atoms with van der Waals surface area (Å²) in [7, 11) is -4.96. The quantitative estimate of drug-likeness (QED) is 0.289. The molecule has 1 rings (SSSR count). The van der Waals surface area contributed by atoms with Crippen molar-refractivity contribution in [1.29, 1.82) is 0 Å². The Morgan fingerprint density at radius 3 is 2.19 bits per heavy atom. The Hall–Kier alpha value is -0.0900. The van der Waals surface area contributed by atoms with Crippen molar-refractivity contribution in [2.75, 3.05) is 0 Å². The van der Waals surface area contributed by atoms with Gasteiger partial charge in [-0.3, -0.25) is 4.52 Å². The van der Waals surface area contributed by atoms with Crippen LogP contribution in [0, 0.1) is 0 Å². The Kier molecular flexibility index (Phi) is 3.75. The van der Waals surface area contributed by atoms with Crippen LogP contribution in [0.4, 0.5) is 0 Å². The highest BCUT2D eigenvalue weighted by atomic mass is 31.2. The number of hydrogen-bond donors (Lipinski definition) is 6. The van der Waals surface area contributed by atoms with Crippen LogP contribution in [-0.4, -0.2) is 60.6 Å². The Bertz CT molecular complexity index is 298. The predicted octanol–water partition coefficient (Wildman–Crippen LogP) is -2.76. The van der Waals surface area contributed by atoms with E-state index in [0.29, 0.717) is 0 Å². The van der Waals surface area contributed by atoms with E-state index >= 15 is 0 Å². The zero-order valence-electron chi connectivity index (χ0n) is 8.16. The summed E-state index contributed by atoms with van der Waals surface area (Å²) in [6.07, 6.45) is -7.54. The van der Waals surface area contributed by atoms with Gasteiger partial charge in [0, 0.05) is 0 Å². The van der Waals surface area contributed by atoms with E-state index in [2.05, 4.69) is 9.26 Å². The Labute approximate surface area is 90.1 Å². The van der Waals surface area contributed by atoms with Crippen LogP contribution in [0.15, 0.2) is 0 Å². The van der Waals surface area contributed by atoms with Gasteiger partial charge in [-0.1, -0.05) is 0 Å². The maximum Gasteiger partial charge on any atom is 0.472 e. The highest BCUT2D eigenvalue weighted by molar-refractivity contribution is 7.46. The molecule has 1 fully saturated rings. The third-order valence-electron chi connectivity index (χ3n) is 2.10. The van der Waals surface area contributed by atoms with Crippen molar-refractivity contribution in [2.24, 2.45) is 0 Å². The van der Waals surface area contributed by atoms with Gasteiger partial charge in [0.1, 0.15) is 18.3 Å². The molecule has 96 valence electrons. The molecule has 6 N–H and O–H groups in total. The molecule has 10 heteroatoms. The smallest absolute Gasteiger partial charge is 0.387 e. The Balaban J connectivity index is 2.84. The number of aliphatic hydroxyl groups is 4. The number of ether oxygens (including phenoxy) is 1. The zero-order chi connectivity index (χ0) is 12.7. The van der Waals surface area contributed by atoms with E-state index in [0.717, 1.165) is 6.92 Å². The molecule has 0 aromatic rings. The lowest BCUT2D eigenvalue weighted by Gasteiger charge is -2.43. The van der Waals surface area contributed by atoms with Gasteiger partial charge in [0.05, 0.1) is 0 Å². The number of rotatable bonds is 2. The standard InChI is InChI=1S/C6H13O9P/c1-6(10)4(9)2(7)3(8)5(14-6)15-16(11,12)13/h2-5,7-10H,1H3,(H2,11,12,13)/t2-,3+,4+,5?,6?/m1/s1. The van der Waals surface area contributed by atoms with E-state index in [1.807, 2.05) is 0 Å². The maximum atomic E-state index is 10.5. The van der Waals surface area contributed by atoms with E-state index < -0.39 is 38.2 Å². The van der Waals surface area contributed by atoms with Crippen molar-refractivity contribution in [3.8, 4) is 0 Å². The minimum atomic E-state index is -4.96. The molecule has 5 atom stereocenters. The van der Waals surface area contributed by atoms with Gasteiger partial charge in [-0.25, -0.2) is 4.57 Å². The van der Waals surface area contributed by atoms with E-state index in [1.165, 1.54) is 0 Å². The third-order valence-corrected chi connectivity index (χ3v) is 2.58. The van der Waals surface area contributed by atoms with Gasteiger partial charge >= 0.3 is 7.82 Å². The van der Waals surface area contributed by atoms with Crippen molar-refractivity contribution in [3.63, 3.8) is 0 Å². The summed E-state index contributed by atoms with van der Waals surface area (Å²) in [6.45, 7) is 0.947. The van der Waals surface area contributed by atoms with Crippen molar-refractivity contribution in [3.05, 3.63) is 0 Å².